The van der Waals surface area contributed by atoms with Crippen LogP contribution in [-0.2, 0) is 33.3 Å². The quantitative estimate of drug-likeness (QED) is 0.0195. The van der Waals surface area contributed by atoms with Gasteiger partial charge in [0, 0.05) is 12.8 Å². The molecule has 0 aliphatic carbocycles. The number of carboxylic acids is 1. The van der Waals surface area contributed by atoms with E-state index >= 15 is 0 Å². The van der Waals surface area contributed by atoms with Crippen molar-refractivity contribution in [1.82, 2.24) is 0 Å². The number of ether oxygens (including phenoxy) is 4. The van der Waals surface area contributed by atoms with Gasteiger partial charge in [0.05, 0.1) is 40.3 Å². The summed E-state index contributed by atoms with van der Waals surface area (Å²) in [5.41, 5.74) is 0. The smallest absolute Gasteiger partial charge is 0.306 e. The van der Waals surface area contributed by atoms with Crippen LogP contribution in [0.4, 0.5) is 0 Å². The summed E-state index contributed by atoms with van der Waals surface area (Å²) in [7, 11) is 5.91. The number of allylic oxidation sites excluding steroid dienone is 6. The fourth-order valence-electron chi connectivity index (χ4n) is 7.48. The molecule has 0 N–H and O–H groups in total. The molecule has 0 aliphatic rings. The molecule has 0 aromatic heterocycles. The fraction of sp³-hybridized carbons (Fsp3) is 0.836. The first-order valence-corrected chi connectivity index (χ1v) is 26.6. The SMILES string of the molecule is CCCCCCC/C=C\C/C=C\C/C=C\CCCCCCCCCCCCCCCCCCC(=O)OC(COC(=O)CCCCCCCCCC)COC(OCC[N+](C)(C)C)C(=O)[O-]. The Morgan fingerprint density at radius 2 is 0.844 bits per heavy atom. The number of carbonyl (C=O) groups excluding carboxylic acids is 3. The van der Waals surface area contributed by atoms with Crippen molar-refractivity contribution >= 4 is 17.9 Å². The van der Waals surface area contributed by atoms with E-state index in [9.17, 15) is 19.5 Å². The molecule has 0 bridgehead atoms. The first kappa shape index (κ1) is 61.5. The van der Waals surface area contributed by atoms with Crippen LogP contribution < -0.4 is 5.11 Å². The number of carbonyl (C=O) groups is 3. The monoisotopic (exact) mass is 904 g/mol. The van der Waals surface area contributed by atoms with E-state index < -0.39 is 24.3 Å². The zero-order valence-corrected chi connectivity index (χ0v) is 42.4. The van der Waals surface area contributed by atoms with Gasteiger partial charge in [0.25, 0.3) is 0 Å². The molecule has 2 unspecified atom stereocenters. The minimum Gasteiger partial charge on any atom is -0.545 e. The highest BCUT2D eigenvalue weighted by Gasteiger charge is 2.22. The van der Waals surface area contributed by atoms with E-state index in [1.54, 1.807) is 0 Å². The second-order valence-electron chi connectivity index (χ2n) is 19.2. The average molecular weight is 904 g/mol. The number of unbranched alkanes of at least 4 members (excludes halogenated alkanes) is 28. The standard InChI is InChI=1S/C55H101NO8/c1-6-8-10-12-14-16-17-18-19-20-21-22-23-24-25-26-27-28-29-30-31-32-33-34-35-36-37-38-40-42-44-46-53(58)64-51(50-63-55(54(59)60)61-48-47-56(3,4)5)49-62-52(57)45-43-41-39-15-13-11-9-7-2/h17-18,20-21,23-24,51,55H,6-16,19,22,25-50H2,1-5H3/b18-17-,21-20-,24-23-. The van der Waals surface area contributed by atoms with Gasteiger partial charge in [0.15, 0.2) is 12.4 Å². The third-order valence-corrected chi connectivity index (χ3v) is 11.6. The lowest BCUT2D eigenvalue weighted by Crippen LogP contribution is -2.44. The molecule has 0 spiro atoms. The van der Waals surface area contributed by atoms with Crippen molar-refractivity contribution in [3.05, 3.63) is 36.5 Å². The number of hydrogen-bond donors (Lipinski definition) is 0. The van der Waals surface area contributed by atoms with Crippen LogP contribution in [0, 0.1) is 0 Å². The Bertz CT molecular complexity index is 1150. The van der Waals surface area contributed by atoms with Crippen LogP contribution in [0.25, 0.3) is 0 Å². The summed E-state index contributed by atoms with van der Waals surface area (Å²) in [6.07, 6.45) is 52.2. The van der Waals surface area contributed by atoms with Crippen LogP contribution in [0.1, 0.15) is 239 Å². The minimum atomic E-state index is -1.62. The van der Waals surface area contributed by atoms with Gasteiger partial charge in [0.1, 0.15) is 13.2 Å². The Labute approximate surface area is 394 Å². The maximum atomic E-state index is 12.8. The third kappa shape index (κ3) is 47.5. The predicted molar refractivity (Wildman–Crippen MR) is 265 cm³/mol. The van der Waals surface area contributed by atoms with Gasteiger partial charge in [0.2, 0.25) is 0 Å². The molecule has 9 heteroatoms. The van der Waals surface area contributed by atoms with Crippen molar-refractivity contribution in [1.29, 1.82) is 0 Å². The molecular formula is C55H101NO8. The molecule has 0 heterocycles. The van der Waals surface area contributed by atoms with Gasteiger partial charge < -0.3 is 33.3 Å². The summed E-state index contributed by atoms with van der Waals surface area (Å²) in [6, 6.07) is 0. The van der Waals surface area contributed by atoms with Crippen LogP contribution in [0.15, 0.2) is 36.5 Å². The van der Waals surface area contributed by atoms with Crippen molar-refractivity contribution in [2.24, 2.45) is 0 Å². The van der Waals surface area contributed by atoms with Crippen molar-refractivity contribution in [3.8, 4) is 0 Å². The highest BCUT2D eigenvalue weighted by Crippen LogP contribution is 2.16. The number of hydrogen-bond acceptors (Lipinski definition) is 8. The lowest BCUT2D eigenvalue weighted by molar-refractivity contribution is -0.870. The van der Waals surface area contributed by atoms with Crippen LogP contribution in [0.3, 0.4) is 0 Å². The molecular weight excluding hydrogens is 803 g/mol. The number of carboxylic acid groups (broad SMARTS) is 1. The van der Waals surface area contributed by atoms with E-state index in [-0.39, 0.29) is 32.2 Å². The normalized spacial score (nSPS) is 13.1. The topological polar surface area (TPSA) is 111 Å². The molecule has 2 atom stereocenters. The summed E-state index contributed by atoms with van der Waals surface area (Å²) in [6.45, 7) is 4.71. The van der Waals surface area contributed by atoms with Crippen molar-refractivity contribution in [3.63, 3.8) is 0 Å². The Kier molecular flexibility index (Phi) is 45.2. The Morgan fingerprint density at radius 3 is 1.25 bits per heavy atom. The lowest BCUT2D eigenvalue weighted by Gasteiger charge is -2.26. The molecule has 374 valence electrons. The van der Waals surface area contributed by atoms with E-state index in [0.29, 0.717) is 23.9 Å². The van der Waals surface area contributed by atoms with Gasteiger partial charge >= 0.3 is 11.9 Å². The Balaban J connectivity index is 4.04. The summed E-state index contributed by atoms with van der Waals surface area (Å²) < 4.78 is 22.5. The first-order valence-electron chi connectivity index (χ1n) is 26.6. The Hall–Kier alpha value is -2.49. The molecule has 64 heavy (non-hydrogen) atoms. The number of aliphatic carboxylic acids is 1. The van der Waals surface area contributed by atoms with Crippen LogP contribution >= 0.6 is 0 Å². The lowest BCUT2D eigenvalue weighted by atomic mass is 10.0. The second-order valence-corrected chi connectivity index (χ2v) is 19.2. The van der Waals surface area contributed by atoms with E-state index in [0.717, 1.165) is 44.9 Å². The summed E-state index contributed by atoms with van der Waals surface area (Å²) in [5.74, 6) is -2.28. The van der Waals surface area contributed by atoms with Gasteiger partial charge in [-0.05, 0) is 51.4 Å². The predicted octanol–water partition coefficient (Wildman–Crippen LogP) is 13.6. The Morgan fingerprint density at radius 1 is 0.469 bits per heavy atom. The molecule has 9 nitrogen and oxygen atoms in total. The average Bonchev–Trinajstić information content (AvgIpc) is 3.26. The van der Waals surface area contributed by atoms with Gasteiger partial charge in [-0.25, -0.2) is 0 Å². The molecule has 0 saturated heterocycles. The number of likely N-dealkylation sites (N-methyl/N-ethyl adjacent to an activating group) is 1. The van der Waals surface area contributed by atoms with Crippen LogP contribution in [-0.4, -0.2) is 82.3 Å². The molecule has 0 aromatic carbocycles. The maximum absolute atomic E-state index is 12.8. The van der Waals surface area contributed by atoms with Crippen molar-refractivity contribution < 1.29 is 42.9 Å². The molecule has 0 amide bonds. The highest BCUT2D eigenvalue weighted by molar-refractivity contribution is 5.70. The van der Waals surface area contributed by atoms with E-state index in [1.165, 1.54) is 161 Å². The van der Waals surface area contributed by atoms with Crippen molar-refractivity contribution in [2.75, 3.05) is 47.5 Å². The summed E-state index contributed by atoms with van der Waals surface area (Å²) in [4.78, 5) is 36.9. The zero-order chi connectivity index (χ0) is 47.0. The van der Waals surface area contributed by atoms with Gasteiger partial charge in [-0.3, -0.25) is 9.59 Å². The number of nitrogens with zero attached hydrogens (tertiary/aromatic N) is 1. The molecule has 0 aromatic rings. The fourth-order valence-corrected chi connectivity index (χ4v) is 7.48. The first-order chi connectivity index (χ1) is 31.1. The molecule has 0 aliphatic heterocycles. The largest absolute Gasteiger partial charge is 0.545 e. The third-order valence-electron chi connectivity index (χ3n) is 11.6. The van der Waals surface area contributed by atoms with Crippen LogP contribution in [0.2, 0.25) is 0 Å². The molecule has 0 fully saturated rings. The van der Waals surface area contributed by atoms with Crippen molar-refractivity contribution in [2.45, 2.75) is 251 Å². The van der Waals surface area contributed by atoms with E-state index in [2.05, 4.69) is 50.3 Å². The second kappa shape index (κ2) is 47.0. The van der Waals surface area contributed by atoms with Gasteiger partial charge in [-0.1, -0.05) is 211 Å². The number of esters is 2. The number of quaternary nitrogens is 1. The van der Waals surface area contributed by atoms with E-state index in [4.69, 9.17) is 18.9 Å². The highest BCUT2D eigenvalue weighted by atomic mass is 16.7. The van der Waals surface area contributed by atoms with Crippen LogP contribution in [0.5, 0.6) is 0 Å². The minimum absolute atomic E-state index is 0.149. The van der Waals surface area contributed by atoms with Gasteiger partial charge in [-0.2, -0.15) is 0 Å². The maximum Gasteiger partial charge on any atom is 0.306 e. The molecule has 0 saturated carbocycles. The number of rotatable bonds is 49. The zero-order valence-electron chi connectivity index (χ0n) is 42.4. The molecule has 0 radical (unpaired) electrons. The molecule has 0 rings (SSSR count). The summed E-state index contributed by atoms with van der Waals surface area (Å²) >= 11 is 0. The summed E-state index contributed by atoms with van der Waals surface area (Å²) in [5, 5.41) is 11.7. The van der Waals surface area contributed by atoms with Gasteiger partial charge in [-0.15, -0.1) is 0 Å². The van der Waals surface area contributed by atoms with E-state index in [1.807, 2.05) is 21.1 Å².